The molecule has 0 saturated heterocycles. The van der Waals surface area contributed by atoms with Crippen molar-refractivity contribution in [2.45, 2.75) is 6.92 Å². The standard InChI is InChI=1S/C11H14N2O2/c1-3-13(2)11-9(5-4-8-12-11)6-7-10(14)15/h4-8H,3H2,1-2H3,(H,14,15)/b7-6+. The van der Waals surface area contributed by atoms with Crippen LogP contribution < -0.4 is 4.90 Å². The number of carboxylic acid groups (broad SMARTS) is 1. The van der Waals surface area contributed by atoms with Gasteiger partial charge in [0.25, 0.3) is 0 Å². The van der Waals surface area contributed by atoms with E-state index < -0.39 is 5.97 Å². The minimum absolute atomic E-state index is 0.789. The molecule has 4 nitrogen and oxygen atoms in total. The first-order chi connectivity index (χ1) is 7.15. The van der Waals surface area contributed by atoms with E-state index in [2.05, 4.69) is 4.98 Å². The molecule has 0 spiro atoms. The zero-order valence-electron chi connectivity index (χ0n) is 8.84. The Kier molecular flexibility index (Phi) is 3.85. The molecule has 0 aliphatic rings. The summed E-state index contributed by atoms with van der Waals surface area (Å²) in [5.41, 5.74) is 0.809. The molecule has 80 valence electrons. The second-order valence-corrected chi connectivity index (χ2v) is 3.10. The summed E-state index contributed by atoms with van der Waals surface area (Å²) in [6, 6.07) is 3.63. The van der Waals surface area contributed by atoms with Gasteiger partial charge in [-0.25, -0.2) is 9.78 Å². The van der Waals surface area contributed by atoms with Crippen molar-refractivity contribution < 1.29 is 9.90 Å². The van der Waals surface area contributed by atoms with E-state index in [0.717, 1.165) is 24.0 Å². The molecule has 0 aliphatic heterocycles. The highest BCUT2D eigenvalue weighted by Gasteiger charge is 2.04. The molecule has 0 aromatic carbocycles. The number of hydrogen-bond acceptors (Lipinski definition) is 3. The third-order valence-corrected chi connectivity index (χ3v) is 2.06. The maximum absolute atomic E-state index is 10.4. The molecular weight excluding hydrogens is 192 g/mol. The number of pyridine rings is 1. The number of rotatable bonds is 4. The van der Waals surface area contributed by atoms with E-state index in [1.165, 1.54) is 0 Å². The molecule has 1 aromatic heterocycles. The van der Waals surface area contributed by atoms with Crippen LogP contribution in [0.1, 0.15) is 12.5 Å². The number of nitrogens with zero attached hydrogens (tertiary/aromatic N) is 2. The topological polar surface area (TPSA) is 53.4 Å². The van der Waals surface area contributed by atoms with Crippen molar-refractivity contribution in [2.75, 3.05) is 18.5 Å². The van der Waals surface area contributed by atoms with Crippen molar-refractivity contribution in [3.63, 3.8) is 0 Å². The number of carboxylic acids is 1. The van der Waals surface area contributed by atoms with Crippen LogP contribution in [0.5, 0.6) is 0 Å². The second kappa shape index (κ2) is 5.14. The molecule has 1 rings (SSSR count). The summed E-state index contributed by atoms with van der Waals surface area (Å²) in [5.74, 6) is -0.165. The van der Waals surface area contributed by atoms with E-state index in [9.17, 15) is 4.79 Å². The first-order valence-corrected chi connectivity index (χ1v) is 4.72. The van der Waals surface area contributed by atoms with Gasteiger partial charge in [0.1, 0.15) is 5.82 Å². The van der Waals surface area contributed by atoms with Gasteiger partial charge in [-0.1, -0.05) is 0 Å². The molecule has 0 saturated carbocycles. The van der Waals surface area contributed by atoms with E-state index in [0.29, 0.717) is 0 Å². The summed E-state index contributed by atoms with van der Waals surface area (Å²) in [7, 11) is 1.92. The van der Waals surface area contributed by atoms with E-state index >= 15 is 0 Å². The molecule has 0 fully saturated rings. The molecule has 15 heavy (non-hydrogen) atoms. The predicted molar refractivity (Wildman–Crippen MR) is 59.9 cm³/mol. The van der Waals surface area contributed by atoms with Gasteiger partial charge in [0.05, 0.1) is 0 Å². The van der Waals surface area contributed by atoms with Crippen molar-refractivity contribution in [1.29, 1.82) is 0 Å². The Hall–Kier alpha value is -1.84. The van der Waals surface area contributed by atoms with Gasteiger partial charge >= 0.3 is 5.97 Å². The molecule has 0 unspecified atom stereocenters. The number of aliphatic carboxylic acids is 1. The molecule has 0 radical (unpaired) electrons. The summed E-state index contributed by atoms with van der Waals surface area (Å²) in [6.07, 6.45) is 4.36. The summed E-state index contributed by atoms with van der Waals surface area (Å²) >= 11 is 0. The molecule has 0 amide bonds. The Balaban J connectivity index is 3.01. The lowest BCUT2D eigenvalue weighted by Crippen LogP contribution is -2.18. The summed E-state index contributed by atoms with van der Waals surface area (Å²) in [6.45, 7) is 2.84. The van der Waals surface area contributed by atoms with Crippen LogP contribution in [0.2, 0.25) is 0 Å². The number of carbonyl (C=O) groups is 1. The Morgan fingerprint density at radius 1 is 1.67 bits per heavy atom. The monoisotopic (exact) mass is 206 g/mol. The summed E-state index contributed by atoms with van der Waals surface area (Å²) in [5, 5.41) is 8.54. The Morgan fingerprint density at radius 2 is 2.40 bits per heavy atom. The Morgan fingerprint density at radius 3 is 3.00 bits per heavy atom. The average molecular weight is 206 g/mol. The minimum Gasteiger partial charge on any atom is -0.478 e. The van der Waals surface area contributed by atoms with Crippen molar-refractivity contribution >= 4 is 17.9 Å². The minimum atomic E-state index is -0.955. The lowest BCUT2D eigenvalue weighted by atomic mass is 10.2. The fraction of sp³-hybridized carbons (Fsp3) is 0.273. The summed E-state index contributed by atoms with van der Waals surface area (Å²) in [4.78, 5) is 16.6. The van der Waals surface area contributed by atoms with Gasteiger partial charge in [-0.3, -0.25) is 0 Å². The Bertz CT molecular complexity index is 375. The lowest BCUT2D eigenvalue weighted by Gasteiger charge is -2.17. The van der Waals surface area contributed by atoms with Crippen molar-refractivity contribution in [1.82, 2.24) is 4.98 Å². The van der Waals surface area contributed by atoms with Gasteiger partial charge in [0, 0.05) is 31.4 Å². The van der Waals surface area contributed by atoms with Crippen molar-refractivity contribution in [3.05, 3.63) is 30.0 Å². The summed E-state index contributed by atoms with van der Waals surface area (Å²) < 4.78 is 0. The Labute approximate surface area is 88.9 Å². The van der Waals surface area contributed by atoms with Gasteiger partial charge in [0.15, 0.2) is 0 Å². The molecule has 4 heteroatoms. The zero-order chi connectivity index (χ0) is 11.3. The number of hydrogen-bond donors (Lipinski definition) is 1. The highest BCUT2D eigenvalue weighted by molar-refractivity contribution is 5.86. The molecular formula is C11H14N2O2. The van der Waals surface area contributed by atoms with Crippen LogP contribution >= 0.6 is 0 Å². The van der Waals surface area contributed by atoms with Gasteiger partial charge < -0.3 is 10.0 Å². The molecule has 1 heterocycles. The fourth-order valence-electron chi connectivity index (χ4n) is 1.17. The normalized spacial score (nSPS) is 10.5. The molecule has 0 aliphatic carbocycles. The van der Waals surface area contributed by atoms with Crippen LogP contribution in [-0.4, -0.2) is 29.7 Å². The fourth-order valence-corrected chi connectivity index (χ4v) is 1.17. The van der Waals surface area contributed by atoms with E-state index in [4.69, 9.17) is 5.11 Å². The molecule has 0 atom stereocenters. The molecule has 1 N–H and O–H groups in total. The molecule has 1 aromatic rings. The van der Waals surface area contributed by atoms with Crippen LogP contribution in [0.3, 0.4) is 0 Å². The van der Waals surface area contributed by atoms with Crippen LogP contribution in [0.15, 0.2) is 24.4 Å². The van der Waals surface area contributed by atoms with E-state index in [-0.39, 0.29) is 0 Å². The lowest BCUT2D eigenvalue weighted by molar-refractivity contribution is -0.131. The van der Waals surface area contributed by atoms with Crippen LogP contribution in [0, 0.1) is 0 Å². The zero-order valence-corrected chi connectivity index (χ0v) is 8.84. The van der Waals surface area contributed by atoms with Crippen molar-refractivity contribution in [2.24, 2.45) is 0 Å². The van der Waals surface area contributed by atoms with Gasteiger partial charge in [-0.2, -0.15) is 0 Å². The van der Waals surface area contributed by atoms with Gasteiger partial charge in [0.2, 0.25) is 0 Å². The SMILES string of the molecule is CCN(C)c1ncccc1/C=C/C(=O)O. The first kappa shape index (κ1) is 11.2. The quantitative estimate of drug-likeness (QED) is 0.761. The average Bonchev–Trinajstić information content (AvgIpc) is 2.25. The van der Waals surface area contributed by atoms with Gasteiger partial charge in [-0.15, -0.1) is 0 Å². The maximum atomic E-state index is 10.4. The number of anilines is 1. The van der Waals surface area contributed by atoms with E-state index in [1.807, 2.05) is 24.9 Å². The first-order valence-electron chi connectivity index (χ1n) is 4.72. The highest BCUT2D eigenvalue weighted by Crippen LogP contribution is 2.16. The third-order valence-electron chi connectivity index (χ3n) is 2.06. The maximum Gasteiger partial charge on any atom is 0.328 e. The van der Waals surface area contributed by atoms with Crippen molar-refractivity contribution in [3.8, 4) is 0 Å². The van der Waals surface area contributed by atoms with Gasteiger partial charge in [-0.05, 0) is 25.1 Å². The highest BCUT2D eigenvalue weighted by atomic mass is 16.4. The van der Waals surface area contributed by atoms with E-state index in [1.54, 1.807) is 18.3 Å². The third kappa shape index (κ3) is 3.09. The second-order valence-electron chi connectivity index (χ2n) is 3.10. The van der Waals surface area contributed by atoms with Crippen LogP contribution in [0.4, 0.5) is 5.82 Å². The molecule has 0 bridgehead atoms. The largest absolute Gasteiger partial charge is 0.478 e. The predicted octanol–water partition coefficient (Wildman–Crippen LogP) is 1.64. The number of aromatic nitrogens is 1. The smallest absolute Gasteiger partial charge is 0.328 e. The van der Waals surface area contributed by atoms with Crippen LogP contribution in [-0.2, 0) is 4.79 Å². The van der Waals surface area contributed by atoms with Crippen LogP contribution in [0.25, 0.3) is 6.08 Å².